The molecular formula is C12H16N4O4. The number of aromatic nitrogens is 2. The maximum atomic E-state index is 12.5. The molecule has 1 aliphatic carbocycles. The third kappa shape index (κ3) is 1.55. The van der Waals surface area contributed by atoms with Gasteiger partial charge in [-0.1, -0.05) is 10.3 Å². The fourth-order valence-electron chi connectivity index (χ4n) is 3.45. The average Bonchev–Trinajstić information content (AvgIpc) is 3.04. The van der Waals surface area contributed by atoms with Crippen LogP contribution < -0.4 is 0 Å². The molecule has 4 rings (SSSR count). The van der Waals surface area contributed by atoms with E-state index in [2.05, 4.69) is 15.2 Å². The number of aryl methyl sites for hydroxylation is 1. The fraction of sp³-hybridized carbons (Fsp3) is 0.750. The number of hydrogen-bond donors (Lipinski definition) is 1. The minimum absolute atomic E-state index is 0.313. The molecule has 3 aliphatic rings. The van der Waals surface area contributed by atoms with Crippen LogP contribution in [0.1, 0.15) is 24.2 Å². The third-order valence-corrected chi connectivity index (χ3v) is 4.51. The maximum absolute atomic E-state index is 12.5. The molecule has 2 unspecified atom stereocenters. The number of morpholine rings is 1. The number of fused-ring (bicyclic) bond motifs is 3. The van der Waals surface area contributed by atoms with Gasteiger partial charge in [0.15, 0.2) is 5.69 Å². The highest BCUT2D eigenvalue weighted by atomic mass is 16.6. The molecule has 1 N–H and O–H groups in total. The molecule has 108 valence electrons. The van der Waals surface area contributed by atoms with E-state index < -0.39 is 5.60 Å². The Labute approximate surface area is 115 Å². The minimum atomic E-state index is -1.32. The standard InChI is InChI=1S/C12H16N4O4/c17-12-7-10(15-3-5-19-6-4-15)16(18)9(12)2-1-8-11(12)14-20-13-8/h10,17H,1-7H2. The first-order valence-electron chi connectivity index (χ1n) is 6.89. The van der Waals surface area contributed by atoms with Crippen LogP contribution in [0, 0.1) is 5.21 Å². The van der Waals surface area contributed by atoms with Gasteiger partial charge in [0.05, 0.1) is 19.6 Å². The molecule has 0 aromatic carbocycles. The summed E-state index contributed by atoms with van der Waals surface area (Å²) in [6.45, 7) is 2.65. The lowest BCUT2D eigenvalue weighted by molar-refractivity contribution is -0.524. The monoisotopic (exact) mass is 280 g/mol. The van der Waals surface area contributed by atoms with E-state index in [-0.39, 0.29) is 6.17 Å². The molecule has 0 amide bonds. The summed E-state index contributed by atoms with van der Waals surface area (Å²) in [4.78, 5) is 2.06. The summed E-state index contributed by atoms with van der Waals surface area (Å²) in [6, 6.07) is 0. The van der Waals surface area contributed by atoms with Gasteiger partial charge in [-0.25, -0.2) is 9.53 Å². The van der Waals surface area contributed by atoms with E-state index >= 15 is 0 Å². The van der Waals surface area contributed by atoms with Crippen molar-refractivity contribution in [2.75, 3.05) is 26.3 Å². The zero-order chi connectivity index (χ0) is 13.7. The Morgan fingerprint density at radius 1 is 1.30 bits per heavy atom. The highest BCUT2D eigenvalue weighted by Crippen LogP contribution is 2.40. The summed E-state index contributed by atoms with van der Waals surface area (Å²) in [5.74, 6) is 0. The molecule has 0 spiro atoms. The number of aliphatic hydroxyl groups is 1. The molecule has 2 aliphatic heterocycles. The van der Waals surface area contributed by atoms with Gasteiger partial charge in [-0.15, -0.1) is 0 Å². The second-order valence-corrected chi connectivity index (χ2v) is 5.53. The maximum Gasteiger partial charge on any atom is 0.223 e. The van der Waals surface area contributed by atoms with Crippen LogP contribution in [0.5, 0.6) is 0 Å². The molecular weight excluding hydrogens is 264 g/mol. The van der Waals surface area contributed by atoms with Gasteiger partial charge in [0.1, 0.15) is 5.69 Å². The summed E-state index contributed by atoms with van der Waals surface area (Å²) in [5.41, 5.74) is 0.234. The zero-order valence-electron chi connectivity index (χ0n) is 11.0. The van der Waals surface area contributed by atoms with Crippen LogP contribution in [0.25, 0.3) is 0 Å². The van der Waals surface area contributed by atoms with Crippen molar-refractivity contribution in [1.82, 2.24) is 15.2 Å². The van der Waals surface area contributed by atoms with Gasteiger partial charge in [-0.2, -0.15) is 4.74 Å². The van der Waals surface area contributed by atoms with Gasteiger partial charge >= 0.3 is 0 Å². The van der Waals surface area contributed by atoms with E-state index in [1.807, 2.05) is 0 Å². The highest BCUT2D eigenvalue weighted by Gasteiger charge is 2.57. The number of nitrogens with zero attached hydrogens (tertiary/aromatic N) is 4. The lowest BCUT2D eigenvalue weighted by Gasteiger charge is -2.30. The van der Waals surface area contributed by atoms with Crippen LogP contribution in [0.2, 0.25) is 0 Å². The number of hydrogen-bond acceptors (Lipinski definition) is 7. The lowest BCUT2D eigenvalue weighted by Crippen LogP contribution is -2.47. The normalized spacial score (nSPS) is 34.1. The van der Waals surface area contributed by atoms with E-state index in [4.69, 9.17) is 9.37 Å². The predicted octanol–water partition coefficient (Wildman–Crippen LogP) is -0.783. The zero-order valence-corrected chi connectivity index (χ0v) is 11.0. The summed E-state index contributed by atoms with van der Waals surface area (Å²) in [5, 5.41) is 31.1. The minimum Gasteiger partial charge on any atom is -0.623 e. The van der Waals surface area contributed by atoms with E-state index in [1.54, 1.807) is 0 Å². The van der Waals surface area contributed by atoms with Crippen molar-refractivity contribution in [1.29, 1.82) is 0 Å². The van der Waals surface area contributed by atoms with Crippen molar-refractivity contribution in [3.05, 3.63) is 16.6 Å². The highest BCUT2D eigenvalue weighted by molar-refractivity contribution is 5.91. The Balaban J connectivity index is 1.71. The van der Waals surface area contributed by atoms with Gasteiger partial charge < -0.3 is 15.1 Å². The Bertz CT molecular complexity index is 566. The first-order valence-corrected chi connectivity index (χ1v) is 6.89. The third-order valence-electron chi connectivity index (χ3n) is 4.51. The van der Waals surface area contributed by atoms with E-state index in [1.165, 1.54) is 0 Å². The SMILES string of the molecule is [O-][N+]1=C2CCc3nonc3C2(O)CC1N1CCOCC1. The summed E-state index contributed by atoms with van der Waals surface area (Å²) >= 11 is 0. The van der Waals surface area contributed by atoms with E-state index in [9.17, 15) is 10.3 Å². The van der Waals surface area contributed by atoms with Gasteiger partial charge in [-0.05, 0) is 0 Å². The Morgan fingerprint density at radius 3 is 2.90 bits per heavy atom. The predicted molar refractivity (Wildman–Crippen MR) is 65.9 cm³/mol. The van der Waals surface area contributed by atoms with Crippen molar-refractivity contribution in [2.24, 2.45) is 0 Å². The molecule has 0 bridgehead atoms. The molecule has 0 radical (unpaired) electrons. The topological polar surface area (TPSA) is 97.7 Å². The fourth-order valence-corrected chi connectivity index (χ4v) is 3.45. The summed E-state index contributed by atoms with van der Waals surface area (Å²) < 4.78 is 11.0. The average molecular weight is 280 g/mol. The molecule has 0 saturated carbocycles. The largest absolute Gasteiger partial charge is 0.623 e. The van der Waals surface area contributed by atoms with Crippen LogP contribution >= 0.6 is 0 Å². The first kappa shape index (κ1) is 12.2. The van der Waals surface area contributed by atoms with Crippen LogP contribution in [-0.2, 0) is 16.8 Å². The second kappa shape index (κ2) is 4.24. The Morgan fingerprint density at radius 2 is 2.10 bits per heavy atom. The second-order valence-electron chi connectivity index (χ2n) is 5.53. The molecule has 1 fully saturated rings. The Kier molecular flexibility index (Phi) is 2.60. The van der Waals surface area contributed by atoms with Crippen LogP contribution in [-0.4, -0.2) is 63.2 Å². The Hall–Kier alpha value is -1.51. The molecule has 3 heterocycles. The number of rotatable bonds is 1. The molecule has 8 nitrogen and oxygen atoms in total. The summed E-state index contributed by atoms with van der Waals surface area (Å²) in [6.07, 6.45) is 1.04. The van der Waals surface area contributed by atoms with Crippen molar-refractivity contribution >= 4 is 5.71 Å². The van der Waals surface area contributed by atoms with Crippen LogP contribution in [0.4, 0.5) is 0 Å². The van der Waals surface area contributed by atoms with Gasteiger partial charge in [0.2, 0.25) is 17.5 Å². The van der Waals surface area contributed by atoms with Crippen molar-refractivity contribution in [3.63, 3.8) is 0 Å². The number of ether oxygens (including phenoxy) is 1. The van der Waals surface area contributed by atoms with Crippen molar-refractivity contribution in [2.45, 2.75) is 31.0 Å². The van der Waals surface area contributed by atoms with E-state index in [0.717, 1.165) is 4.74 Å². The molecule has 1 saturated heterocycles. The smallest absolute Gasteiger partial charge is 0.223 e. The van der Waals surface area contributed by atoms with Crippen molar-refractivity contribution < 1.29 is 19.2 Å². The van der Waals surface area contributed by atoms with E-state index in [0.29, 0.717) is 62.7 Å². The van der Waals surface area contributed by atoms with Gasteiger partial charge in [0, 0.05) is 25.9 Å². The molecule has 20 heavy (non-hydrogen) atoms. The first-order chi connectivity index (χ1) is 9.70. The lowest BCUT2D eigenvalue weighted by atomic mass is 9.82. The van der Waals surface area contributed by atoms with Crippen LogP contribution in [0.15, 0.2) is 4.63 Å². The molecule has 1 aromatic heterocycles. The van der Waals surface area contributed by atoms with Crippen LogP contribution in [0.3, 0.4) is 0 Å². The number of hydroxylamine groups is 1. The molecule has 8 heteroatoms. The summed E-state index contributed by atoms with van der Waals surface area (Å²) in [7, 11) is 0. The van der Waals surface area contributed by atoms with Gasteiger partial charge in [0.25, 0.3) is 0 Å². The van der Waals surface area contributed by atoms with Crippen molar-refractivity contribution in [3.8, 4) is 0 Å². The van der Waals surface area contributed by atoms with Gasteiger partial charge in [-0.3, -0.25) is 0 Å². The molecule has 2 atom stereocenters. The molecule has 1 aromatic rings. The quantitative estimate of drug-likeness (QED) is 0.532.